The monoisotopic (exact) mass is 436 g/mol. The molecule has 1 unspecified atom stereocenters. The minimum Gasteiger partial charge on any atom is -0.491 e. The Morgan fingerprint density at radius 1 is 1.24 bits per heavy atom. The molecule has 0 radical (unpaired) electrons. The average Bonchev–Trinajstić information content (AvgIpc) is 2.68. The Labute approximate surface area is 172 Å². The molecule has 10 heteroatoms. The van der Waals surface area contributed by atoms with E-state index in [1.807, 2.05) is 23.1 Å². The number of hydrogen-bond donors (Lipinski definition) is 1. The lowest BCUT2D eigenvalue weighted by atomic mass is 9.78. The van der Waals surface area contributed by atoms with Gasteiger partial charge in [-0.05, 0) is 38.4 Å². The van der Waals surface area contributed by atoms with Crippen molar-refractivity contribution < 1.29 is 32.6 Å². The van der Waals surface area contributed by atoms with Crippen LogP contribution >= 0.6 is 11.6 Å². The van der Waals surface area contributed by atoms with Crippen molar-refractivity contribution in [3.05, 3.63) is 29.3 Å². The zero-order valence-corrected chi connectivity index (χ0v) is 16.8. The third kappa shape index (κ3) is 6.24. The lowest BCUT2D eigenvalue weighted by molar-refractivity contribution is -0.192. The third-order valence-corrected chi connectivity index (χ3v) is 5.60. The van der Waals surface area contributed by atoms with Crippen LogP contribution < -0.4 is 4.74 Å². The number of carboxylic acids is 1. The zero-order valence-electron chi connectivity index (χ0n) is 16.0. The first-order chi connectivity index (χ1) is 13.5. The second-order valence-electron chi connectivity index (χ2n) is 7.15. The quantitative estimate of drug-likeness (QED) is 0.783. The predicted molar refractivity (Wildman–Crippen MR) is 101 cm³/mol. The Kier molecular flexibility index (Phi) is 7.76. The summed E-state index contributed by atoms with van der Waals surface area (Å²) in [6.07, 6.45) is -1.15. The fraction of sp³-hybridized carbons (Fsp3) is 0.579. The summed E-state index contributed by atoms with van der Waals surface area (Å²) in [7, 11) is 2.16. The number of carbonyl (C=O) groups excluding carboxylic acids is 1. The fourth-order valence-electron chi connectivity index (χ4n) is 3.46. The Morgan fingerprint density at radius 2 is 1.90 bits per heavy atom. The van der Waals surface area contributed by atoms with E-state index in [4.69, 9.17) is 26.2 Å². The van der Waals surface area contributed by atoms with Gasteiger partial charge in [-0.1, -0.05) is 23.7 Å². The van der Waals surface area contributed by atoms with Crippen molar-refractivity contribution in [3.8, 4) is 5.75 Å². The van der Waals surface area contributed by atoms with Gasteiger partial charge < -0.3 is 14.7 Å². The molecule has 2 fully saturated rings. The number of aliphatic carboxylic acids is 1. The number of para-hydroxylation sites is 1. The highest BCUT2D eigenvalue weighted by atomic mass is 35.5. The van der Waals surface area contributed by atoms with Gasteiger partial charge in [0.1, 0.15) is 5.75 Å². The second-order valence-corrected chi connectivity index (χ2v) is 7.55. The molecule has 0 aromatic heterocycles. The van der Waals surface area contributed by atoms with Crippen molar-refractivity contribution in [1.82, 2.24) is 9.80 Å². The summed E-state index contributed by atoms with van der Waals surface area (Å²) in [5, 5.41) is 7.71. The maximum Gasteiger partial charge on any atom is 0.490 e. The van der Waals surface area contributed by atoms with Crippen LogP contribution in [0.15, 0.2) is 24.3 Å². The van der Waals surface area contributed by atoms with Gasteiger partial charge in [-0.25, -0.2) is 4.79 Å². The van der Waals surface area contributed by atoms with Crippen molar-refractivity contribution in [2.75, 3.05) is 33.3 Å². The minimum absolute atomic E-state index is 0.187. The van der Waals surface area contributed by atoms with Gasteiger partial charge in [0.05, 0.1) is 18.1 Å². The van der Waals surface area contributed by atoms with Crippen LogP contribution in [0.5, 0.6) is 5.75 Å². The van der Waals surface area contributed by atoms with Crippen LogP contribution in [-0.4, -0.2) is 71.8 Å². The fourth-order valence-corrected chi connectivity index (χ4v) is 3.65. The molecule has 2 aliphatic heterocycles. The summed E-state index contributed by atoms with van der Waals surface area (Å²) >= 11 is 6.04. The van der Waals surface area contributed by atoms with Crippen LogP contribution in [0.2, 0.25) is 5.02 Å². The van der Waals surface area contributed by atoms with Crippen LogP contribution in [-0.2, 0) is 9.59 Å². The van der Waals surface area contributed by atoms with Gasteiger partial charge in [0.25, 0.3) is 0 Å². The molecule has 1 N–H and O–H groups in total. The zero-order chi connectivity index (χ0) is 21.7. The van der Waals surface area contributed by atoms with E-state index in [-0.39, 0.29) is 11.4 Å². The van der Waals surface area contributed by atoms with Gasteiger partial charge in [0.2, 0.25) is 5.91 Å². The van der Waals surface area contributed by atoms with Crippen molar-refractivity contribution in [3.63, 3.8) is 0 Å². The van der Waals surface area contributed by atoms with E-state index in [0.29, 0.717) is 23.8 Å². The first-order valence-corrected chi connectivity index (χ1v) is 9.59. The standard InChI is InChI=1S/C17H23ClN2O2.C2HF3O2/c1-19-11-9-17(19)8-4-10-20(13-17)16(21)7-12-22-15-6-3-2-5-14(15)18;3-2(4,5)1(6)7/h2-3,5-6H,4,7-13H2,1H3;(H,6,7). The number of rotatable bonds is 4. The summed E-state index contributed by atoms with van der Waals surface area (Å²) < 4.78 is 37.4. The molecular formula is C19H24ClF3N2O4. The highest BCUT2D eigenvalue weighted by Crippen LogP contribution is 2.37. The minimum atomic E-state index is -5.08. The van der Waals surface area contributed by atoms with Gasteiger partial charge in [-0.15, -0.1) is 0 Å². The molecule has 1 aromatic carbocycles. The lowest BCUT2D eigenvalue weighted by Gasteiger charge is -2.55. The number of benzene rings is 1. The van der Waals surface area contributed by atoms with E-state index >= 15 is 0 Å². The summed E-state index contributed by atoms with van der Waals surface area (Å²) in [6.45, 7) is 3.27. The van der Waals surface area contributed by atoms with E-state index < -0.39 is 12.1 Å². The summed E-state index contributed by atoms with van der Waals surface area (Å²) in [4.78, 5) is 25.7. The largest absolute Gasteiger partial charge is 0.491 e. The normalized spacial score (nSPS) is 21.8. The Hall–Kier alpha value is -2.00. The molecule has 0 aliphatic carbocycles. The highest BCUT2D eigenvalue weighted by Gasteiger charge is 2.45. The van der Waals surface area contributed by atoms with Crippen molar-refractivity contribution in [1.29, 1.82) is 0 Å². The molecule has 6 nitrogen and oxygen atoms in total. The molecule has 2 aliphatic rings. The molecule has 3 rings (SSSR count). The summed E-state index contributed by atoms with van der Waals surface area (Å²) in [5.74, 6) is -1.93. The highest BCUT2D eigenvalue weighted by molar-refractivity contribution is 6.32. The number of amides is 1. The Balaban J connectivity index is 0.000000370. The molecule has 1 aromatic rings. The number of likely N-dealkylation sites (N-methyl/N-ethyl adjacent to an activating group) is 1. The van der Waals surface area contributed by atoms with Crippen LogP contribution in [0, 0.1) is 0 Å². The molecule has 2 heterocycles. The maximum atomic E-state index is 12.4. The first kappa shape index (κ1) is 23.3. The van der Waals surface area contributed by atoms with Gasteiger partial charge in [-0.3, -0.25) is 9.69 Å². The average molecular weight is 437 g/mol. The molecule has 162 valence electrons. The summed E-state index contributed by atoms with van der Waals surface area (Å²) in [5.41, 5.74) is 0.248. The number of ether oxygens (including phenoxy) is 1. The molecule has 0 bridgehead atoms. The SMILES string of the molecule is CN1CCC12CCCN(C(=O)CCOc1ccccc1Cl)C2.O=C(O)C(F)(F)F. The van der Waals surface area contributed by atoms with E-state index in [0.717, 1.165) is 26.1 Å². The van der Waals surface area contributed by atoms with Crippen LogP contribution in [0.4, 0.5) is 13.2 Å². The molecule has 1 atom stereocenters. The van der Waals surface area contributed by atoms with Crippen LogP contribution in [0.3, 0.4) is 0 Å². The van der Waals surface area contributed by atoms with Gasteiger partial charge >= 0.3 is 12.1 Å². The van der Waals surface area contributed by atoms with Crippen LogP contribution in [0.1, 0.15) is 25.7 Å². The lowest BCUT2D eigenvalue weighted by Crippen LogP contribution is -2.66. The second kappa shape index (κ2) is 9.67. The maximum absolute atomic E-state index is 12.4. The molecule has 1 spiro atoms. The number of carboxylic acid groups (broad SMARTS) is 1. The molecule has 0 saturated carbocycles. The number of hydrogen-bond acceptors (Lipinski definition) is 4. The Morgan fingerprint density at radius 3 is 2.41 bits per heavy atom. The van der Waals surface area contributed by atoms with E-state index in [1.165, 1.54) is 12.8 Å². The first-order valence-electron chi connectivity index (χ1n) is 9.22. The van der Waals surface area contributed by atoms with Crippen LogP contribution in [0.25, 0.3) is 0 Å². The number of alkyl halides is 3. The number of nitrogens with zero attached hydrogens (tertiary/aromatic N) is 2. The van der Waals surface area contributed by atoms with Gasteiger partial charge in [0, 0.05) is 25.2 Å². The number of likely N-dealkylation sites (tertiary alicyclic amines) is 2. The molecular weight excluding hydrogens is 413 g/mol. The summed E-state index contributed by atoms with van der Waals surface area (Å²) in [6, 6.07) is 7.36. The number of carbonyl (C=O) groups is 2. The third-order valence-electron chi connectivity index (χ3n) is 5.28. The van der Waals surface area contributed by atoms with Gasteiger partial charge in [-0.2, -0.15) is 13.2 Å². The van der Waals surface area contributed by atoms with Crippen molar-refractivity contribution in [2.45, 2.75) is 37.4 Å². The molecule has 29 heavy (non-hydrogen) atoms. The smallest absolute Gasteiger partial charge is 0.490 e. The molecule has 1 amide bonds. The van der Waals surface area contributed by atoms with E-state index in [2.05, 4.69) is 11.9 Å². The van der Waals surface area contributed by atoms with E-state index in [1.54, 1.807) is 6.07 Å². The number of piperidine rings is 1. The topological polar surface area (TPSA) is 70.1 Å². The van der Waals surface area contributed by atoms with Gasteiger partial charge in [0.15, 0.2) is 0 Å². The Bertz CT molecular complexity index is 732. The predicted octanol–water partition coefficient (Wildman–Crippen LogP) is 3.44. The number of halogens is 4. The van der Waals surface area contributed by atoms with Crippen molar-refractivity contribution in [2.24, 2.45) is 0 Å². The molecule has 2 saturated heterocycles. The van der Waals surface area contributed by atoms with Crippen molar-refractivity contribution >= 4 is 23.5 Å². The van der Waals surface area contributed by atoms with E-state index in [9.17, 15) is 18.0 Å².